The van der Waals surface area contributed by atoms with E-state index in [0.717, 1.165) is 55.0 Å². The topological polar surface area (TPSA) is 54.9 Å². The predicted octanol–water partition coefficient (Wildman–Crippen LogP) is 3.75. The van der Waals surface area contributed by atoms with Crippen LogP contribution in [0, 0.1) is 5.82 Å². The van der Waals surface area contributed by atoms with Crippen molar-refractivity contribution >= 4 is 45.9 Å². The zero-order valence-corrected chi connectivity index (χ0v) is 19.4. The highest BCUT2D eigenvalue weighted by atomic mass is 127. The number of benzene rings is 1. The number of nitrogens with one attached hydrogen (secondary N) is 2. The Morgan fingerprint density at radius 2 is 1.85 bits per heavy atom. The van der Waals surface area contributed by atoms with Crippen molar-refractivity contribution in [3.63, 3.8) is 0 Å². The molecule has 0 aliphatic rings. The fourth-order valence-electron chi connectivity index (χ4n) is 2.21. The minimum atomic E-state index is -0.162. The van der Waals surface area contributed by atoms with Crippen LogP contribution in [0.3, 0.4) is 0 Å². The quantitative estimate of drug-likeness (QED) is 0.182. The summed E-state index contributed by atoms with van der Waals surface area (Å²) in [4.78, 5) is 4.19. The first-order valence-electron chi connectivity index (χ1n) is 8.62. The summed E-state index contributed by atoms with van der Waals surface area (Å²) in [6.45, 7) is 3.62. The third-order valence-electron chi connectivity index (χ3n) is 3.59. The average molecular weight is 546 g/mol. The molecule has 0 aliphatic heterocycles. The number of hydrogen-bond donors (Lipinski definition) is 2. The Morgan fingerprint density at radius 3 is 2.50 bits per heavy atom. The molecule has 0 aliphatic carbocycles. The summed E-state index contributed by atoms with van der Waals surface area (Å²) in [7, 11) is 3.42. The molecule has 0 saturated carbocycles. The zero-order chi connectivity index (χ0) is 18.3. The molecule has 0 amide bonds. The maximum Gasteiger partial charge on any atom is 0.190 e. The van der Waals surface area contributed by atoms with E-state index in [2.05, 4.69) is 31.6 Å². The summed E-state index contributed by atoms with van der Waals surface area (Å²) in [5.41, 5.74) is 0.737. The molecule has 0 spiro atoms. The smallest absolute Gasteiger partial charge is 0.190 e. The van der Waals surface area contributed by atoms with Gasteiger partial charge >= 0.3 is 0 Å². The second-order valence-corrected chi connectivity index (χ2v) is 6.49. The first-order chi connectivity index (χ1) is 12.2. The number of methoxy groups -OCH3 is 1. The molecule has 0 saturated heterocycles. The van der Waals surface area contributed by atoms with E-state index in [1.165, 1.54) is 6.07 Å². The van der Waals surface area contributed by atoms with Gasteiger partial charge in [0.25, 0.3) is 0 Å². The van der Waals surface area contributed by atoms with Crippen LogP contribution in [0.25, 0.3) is 0 Å². The lowest BCUT2D eigenvalue weighted by Gasteiger charge is -2.12. The number of aliphatic imine (C=N–C) groups is 1. The lowest BCUT2D eigenvalue weighted by Crippen LogP contribution is -2.38. The Kier molecular flexibility index (Phi) is 16.4. The van der Waals surface area contributed by atoms with Crippen LogP contribution in [0.4, 0.5) is 4.39 Å². The summed E-state index contributed by atoms with van der Waals surface area (Å²) in [5.74, 6) is 0.612. The minimum Gasteiger partial charge on any atom is -0.382 e. The number of nitrogens with zero attached hydrogens (tertiary/aromatic N) is 1. The summed E-state index contributed by atoms with van der Waals surface area (Å²) in [5, 5.41) is 6.52. The molecule has 0 unspecified atom stereocenters. The maximum absolute atomic E-state index is 13.7. The van der Waals surface area contributed by atoms with Gasteiger partial charge in [-0.2, -0.15) is 0 Å². The van der Waals surface area contributed by atoms with Gasteiger partial charge in [0, 0.05) is 38.3 Å². The van der Waals surface area contributed by atoms with Crippen molar-refractivity contribution < 1.29 is 13.9 Å². The highest BCUT2D eigenvalue weighted by molar-refractivity contribution is 14.0. The molecular weight excluding hydrogens is 516 g/mol. The summed E-state index contributed by atoms with van der Waals surface area (Å²) in [6.07, 6.45) is 3.54. The molecule has 5 nitrogen and oxygen atoms in total. The fourth-order valence-corrected chi connectivity index (χ4v) is 2.54. The van der Waals surface area contributed by atoms with E-state index in [4.69, 9.17) is 9.47 Å². The second-order valence-electron chi connectivity index (χ2n) is 5.58. The number of aryl methyl sites for hydroxylation is 1. The zero-order valence-electron chi connectivity index (χ0n) is 15.5. The summed E-state index contributed by atoms with van der Waals surface area (Å²) >= 11 is 3.27. The van der Waals surface area contributed by atoms with Gasteiger partial charge in [0.15, 0.2) is 5.96 Å². The fraction of sp³-hybridized carbons (Fsp3) is 0.611. The molecular formula is C18H30BrFIN3O2. The van der Waals surface area contributed by atoms with E-state index in [0.29, 0.717) is 19.6 Å². The molecule has 26 heavy (non-hydrogen) atoms. The van der Waals surface area contributed by atoms with Crippen LogP contribution in [0.1, 0.15) is 24.8 Å². The molecule has 1 aromatic rings. The van der Waals surface area contributed by atoms with E-state index >= 15 is 0 Å². The van der Waals surface area contributed by atoms with Gasteiger partial charge < -0.3 is 20.1 Å². The first-order valence-corrected chi connectivity index (χ1v) is 9.41. The molecule has 0 atom stereocenters. The second kappa shape index (κ2) is 16.7. The van der Waals surface area contributed by atoms with E-state index < -0.39 is 0 Å². The van der Waals surface area contributed by atoms with Gasteiger partial charge in [0.05, 0.1) is 13.2 Å². The monoisotopic (exact) mass is 545 g/mol. The van der Waals surface area contributed by atoms with Crippen molar-refractivity contribution in [2.24, 2.45) is 4.99 Å². The third kappa shape index (κ3) is 12.0. The number of guanidine groups is 1. The molecule has 0 fully saturated rings. The number of unbranched alkanes of at least 4 members (excludes halogenated alkanes) is 1. The van der Waals surface area contributed by atoms with Crippen molar-refractivity contribution in [1.29, 1.82) is 0 Å². The van der Waals surface area contributed by atoms with Crippen molar-refractivity contribution in [1.82, 2.24) is 10.6 Å². The lowest BCUT2D eigenvalue weighted by atomic mass is 10.1. The Morgan fingerprint density at radius 1 is 1.12 bits per heavy atom. The van der Waals surface area contributed by atoms with Gasteiger partial charge in [-0.1, -0.05) is 22.0 Å². The van der Waals surface area contributed by atoms with Crippen LogP contribution < -0.4 is 10.6 Å². The number of halogens is 3. The van der Waals surface area contributed by atoms with Crippen molar-refractivity contribution in [2.75, 3.05) is 47.1 Å². The predicted molar refractivity (Wildman–Crippen MR) is 119 cm³/mol. The molecule has 0 aromatic heterocycles. The highest BCUT2D eigenvalue weighted by Crippen LogP contribution is 2.16. The molecule has 150 valence electrons. The van der Waals surface area contributed by atoms with E-state index in [1.54, 1.807) is 14.2 Å². The molecule has 0 radical (unpaired) electrons. The van der Waals surface area contributed by atoms with Gasteiger partial charge in [-0.15, -0.1) is 24.0 Å². The van der Waals surface area contributed by atoms with E-state index in [-0.39, 0.29) is 29.8 Å². The van der Waals surface area contributed by atoms with Gasteiger partial charge in [0.1, 0.15) is 5.82 Å². The third-order valence-corrected chi connectivity index (χ3v) is 4.09. The maximum atomic E-state index is 13.7. The van der Waals surface area contributed by atoms with Crippen molar-refractivity contribution in [3.8, 4) is 0 Å². The lowest BCUT2D eigenvalue weighted by molar-refractivity contribution is 0.0689. The molecule has 0 heterocycles. The number of rotatable bonds is 12. The van der Waals surface area contributed by atoms with Gasteiger partial charge in [-0.3, -0.25) is 4.99 Å². The largest absolute Gasteiger partial charge is 0.382 e. The SMILES string of the molecule is CN=C(NCCCCOCCOC)NCCCc1ccc(Br)cc1F.I. The van der Waals surface area contributed by atoms with Crippen LogP contribution in [0.15, 0.2) is 27.7 Å². The Labute approximate surface area is 181 Å². The first kappa shape index (κ1) is 25.6. The van der Waals surface area contributed by atoms with Crippen molar-refractivity contribution in [2.45, 2.75) is 25.7 Å². The normalized spacial score (nSPS) is 11.2. The molecule has 0 bridgehead atoms. The van der Waals surface area contributed by atoms with Crippen LogP contribution in [-0.2, 0) is 15.9 Å². The average Bonchev–Trinajstić information content (AvgIpc) is 2.60. The Hall–Kier alpha value is -0.450. The highest BCUT2D eigenvalue weighted by Gasteiger charge is 2.03. The minimum absolute atomic E-state index is 0. The van der Waals surface area contributed by atoms with E-state index in [9.17, 15) is 4.39 Å². The number of hydrogen-bond acceptors (Lipinski definition) is 3. The molecule has 1 rings (SSSR count). The molecule has 2 N–H and O–H groups in total. The number of ether oxygens (including phenoxy) is 2. The van der Waals surface area contributed by atoms with Crippen LogP contribution in [0.2, 0.25) is 0 Å². The van der Waals surface area contributed by atoms with Crippen LogP contribution in [0.5, 0.6) is 0 Å². The van der Waals surface area contributed by atoms with Gasteiger partial charge in [0.2, 0.25) is 0 Å². The molecule has 1 aromatic carbocycles. The van der Waals surface area contributed by atoms with Gasteiger partial charge in [-0.25, -0.2) is 4.39 Å². The van der Waals surface area contributed by atoms with E-state index in [1.807, 2.05) is 12.1 Å². The van der Waals surface area contributed by atoms with Crippen LogP contribution >= 0.6 is 39.9 Å². The van der Waals surface area contributed by atoms with Gasteiger partial charge in [-0.05, 0) is 43.4 Å². The summed E-state index contributed by atoms with van der Waals surface area (Å²) in [6, 6.07) is 5.19. The standard InChI is InChI=1S/C18H29BrFN3O2.HI/c1-21-18(22-9-3-4-11-25-13-12-24-2)23-10-5-6-15-7-8-16(19)14-17(15)20;/h7-8,14H,3-6,9-13H2,1-2H3,(H2,21,22,23);1H. The summed E-state index contributed by atoms with van der Waals surface area (Å²) < 4.78 is 24.8. The Bertz CT molecular complexity index is 521. The molecule has 8 heteroatoms. The van der Waals surface area contributed by atoms with Crippen LogP contribution in [-0.4, -0.2) is 53.0 Å². The Balaban J connectivity index is 0.00000625. The van der Waals surface area contributed by atoms with Crippen molar-refractivity contribution in [3.05, 3.63) is 34.1 Å².